The zero-order valence-electron chi connectivity index (χ0n) is 17.7. The number of benzene rings is 1. The highest BCUT2D eigenvalue weighted by atomic mass is 79.9. The van der Waals surface area contributed by atoms with Crippen molar-refractivity contribution in [1.82, 2.24) is 20.1 Å². The average Bonchev–Trinajstić information content (AvgIpc) is 3.08. The van der Waals surface area contributed by atoms with Crippen molar-refractivity contribution in [2.75, 3.05) is 18.4 Å². The second-order valence-corrected chi connectivity index (χ2v) is 8.74. The highest BCUT2D eigenvalue weighted by Crippen LogP contribution is 2.28. The number of hydrogen-bond acceptors (Lipinski definition) is 5. The maximum atomic E-state index is 14.7. The number of hydrogen-bond donors (Lipinski definition) is 2. The molecule has 31 heavy (non-hydrogen) atoms. The van der Waals surface area contributed by atoms with E-state index >= 15 is 0 Å². The largest absolute Gasteiger partial charge is 0.444 e. The van der Waals surface area contributed by atoms with Crippen LogP contribution in [0.3, 0.4) is 0 Å². The lowest BCUT2D eigenvalue weighted by atomic mass is 10.2. The molecule has 0 bridgehead atoms. The number of carbonyl (C=O) groups excluding carboxylic acids is 1. The van der Waals surface area contributed by atoms with Crippen LogP contribution in [0.25, 0.3) is 16.9 Å². The molecule has 2 aromatic heterocycles. The first-order chi connectivity index (χ1) is 14.7. The summed E-state index contributed by atoms with van der Waals surface area (Å²) in [6.07, 6.45) is 5.32. The maximum Gasteiger partial charge on any atom is 0.407 e. The van der Waals surface area contributed by atoms with Crippen LogP contribution in [0, 0.1) is 5.82 Å². The summed E-state index contributed by atoms with van der Waals surface area (Å²) in [5.74, 6) is -0.395. The van der Waals surface area contributed by atoms with Crippen molar-refractivity contribution in [2.45, 2.75) is 32.8 Å². The van der Waals surface area contributed by atoms with E-state index in [0.29, 0.717) is 36.6 Å². The Labute approximate surface area is 189 Å². The zero-order chi connectivity index (χ0) is 22.4. The summed E-state index contributed by atoms with van der Waals surface area (Å²) in [4.78, 5) is 15.6. The molecule has 0 fully saturated rings. The molecule has 0 aliphatic heterocycles. The monoisotopic (exact) mass is 489 g/mol. The summed E-state index contributed by atoms with van der Waals surface area (Å²) in [5, 5.41) is 10.3. The van der Waals surface area contributed by atoms with Crippen LogP contribution in [0.1, 0.15) is 27.2 Å². The van der Waals surface area contributed by atoms with Crippen molar-refractivity contribution in [3.8, 4) is 16.9 Å². The molecule has 0 unspecified atom stereocenters. The Kier molecular flexibility index (Phi) is 7.27. The quantitative estimate of drug-likeness (QED) is 0.447. The number of alkyl carbamates (subject to hydrolysis) is 1. The molecule has 3 rings (SSSR count). The van der Waals surface area contributed by atoms with Gasteiger partial charge in [-0.3, -0.25) is 4.98 Å². The van der Waals surface area contributed by atoms with Crippen molar-refractivity contribution < 1.29 is 13.9 Å². The number of aromatic nitrogens is 3. The van der Waals surface area contributed by atoms with Crippen LogP contribution in [0.5, 0.6) is 0 Å². The van der Waals surface area contributed by atoms with Crippen LogP contribution < -0.4 is 10.6 Å². The van der Waals surface area contributed by atoms with Gasteiger partial charge >= 0.3 is 6.09 Å². The molecule has 0 spiro atoms. The normalized spacial score (nSPS) is 11.3. The van der Waals surface area contributed by atoms with Crippen LogP contribution in [0.15, 0.2) is 53.4 Å². The molecule has 2 N–H and O–H groups in total. The second kappa shape index (κ2) is 9.91. The fourth-order valence-electron chi connectivity index (χ4n) is 2.81. The van der Waals surface area contributed by atoms with Crippen LogP contribution in [0.2, 0.25) is 0 Å². The van der Waals surface area contributed by atoms with Gasteiger partial charge in [0.2, 0.25) is 0 Å². The van der Waals surface area contributed by atoms with E-state index in [1.165, 1.54) is 10.7 Å². The summed E-state index contributed by atoms with van der Waals surface area (Å²) < 4.78 is 22.2. The summed E-state index contributed by atoms with van der Waals surface area (Å²) in [6.45, 7) is 6.48. The number of halogens is 2. The number of carbonyl (C=O) groups is 1. The maximum absolute atomic E-state index is 14.7. The highest BCUT2D eigenvalue weighted by Gasteiger charge is 2.15. The smallest absolute Gasteiger partial charge is 0.407 e. The van der Waals surface area contributed by atoms with E-state index in [-0.39, 0.29) is 0 Å². The molecule has 1 aromatic carbocycles. The molecule has 0 radical (unpaired) electrons. The van der Waals surface area contributed by atoms with Gasteiger partial charge in [-0.25, -0.2) is 13.9 Å². The van der Waals surface area contributed by atoms with Gasteiger partial charge in [-0.1, -0.05) is 0 Å². The highest BCUT2D eigenvalue weighted by molar-refractivity contribution is 9.10. The van der Waals surface area contributed by atoms with Gasteiger partial charge in [0.1, 0.15) is 17.0 Å². The van der Waals surface area contributed by atoms with Gasteiger partial charge < -0.3 is 15.4 Å². The summed E-state index contributed by atoms with van der Waals surface area (Å²) in [7, 11) is 0. The van der Waals surface area contributed by atoms with E-state index in [1.54, 1.807) is 30.7 Å². The van der Waals surface area contributed by atoms with Gasteiger partial charge in [-0.15, -0.1) is 0 Å². The number of anilines is 1. The minimum absolute atomic E-state index is 0.346. The van der Waals surface area contributed by atoms with Gasteiger partial charge in [-0.05, 0) is 73.5 Å². The number of nitrogens with one attached hydrogen (secondary N) is 2. The van der Waals surface area contributed by atoms with Gasteiger partial charge in [-0.2, -0.15) is 5.10 Å². The molecule has 0 saturated heterocycles. The summed E-state index contributed by atoms with van der Waals surface area (Å²) in [6, 6.07) is 8.59. The Morgan fingerprint density at radius 2 is 1.94 bits per heavy atom. The molecule has 3 aromatic rings. The van der Waals surface area contributed by atoms with Gasteiger partial charge in [0.15, 0.2) is 5.82 Å². The van der Waals surface area contributed by atoms with Crippen LogP contribution >= 0.6 is 15.9 Å². The van der Waals surface area contributed by atoms with E-state index in [0.717, 1.165) is 10.0 Å². The average molecular weight is 490 g/mol. The Balaban J connectivity index is 1.56. The van der Waals surface area contributed by atoms with E-state index in [9.17, 15) is 9.18 Å². The molecule has 7 nitrogen and oxygen atoms in total. The Bertz CT molecular complexity index is 1030. The molecule has 9 heteroatoms. The lowest BCUT2D eigenvalue weighted by molar-refractivity contribution is 0.0528. The number of pyridine rings is 1. The van der Waals surface area contributed by atoms with Gasteiger partial charge in [0, 0.05) is 42.9 Å². The van der Waals surface area contributed by atoms with E-state index in [2.05, 4.69) is 36.6 Å². The van der Waals surface area contributed by atoms with E-state index in [1.807, 2.05) is 32.9 Å². The number of nitrogens with zero attached hydrogens (tertiary/aromatic N) is 3. The zero-order valence-corrected chi connectivity index (χ0v) is 19.2. The third-order valence-corrected chi connectivity index (χ3v) is 4.75. The van der Waals surface area contributed by atoms with Crippen LogP contribution in [-0.2, 0) is 4.74 Å². The first kappa shape index (κ1) is 22.7. The molecule has 164 valence electrons. The SMILES string of the molecule is CC(C)(C)OC(=O)NCCCNc1ccc(-n2cc(Br)c(-c3ccncc3)n2)c(F)c1. The molecule has 0 aliphatic rings. The molecule has 0 aliphatic carbocycles. The molecule has 0 atom stereocenters. The van der Waals surface area contributed by atoms with Crippen molar-refractivity contribution in [2.24, 2.45) is 0 Å². The molecular formula is C22H25BrFN5O2. The lowest BCUT2D eigenvalue weighted by Crippen LogP contribution is -2.33. The molecular weight excluding hydrogens is 465 g/mol. The van der Waals surface area contributed by atoms with E-state index in [4.69, 9.17) is 4.74 Å². The van der Waals surface area contributed by atoms with Crippen molar-refractivity contribution in [1.29, 1.82) is 0 Å². The predicted octanol–water partition coefficient (Wildman–Crippen LogP) is 5.16. The minimum Gasteiger partial charge on any atom is -0.444 e. The summed E-state index contributed by atoms with van der Waals surface area (Å²) in [5.41, 5.74) is 2.07. The van der Waals surface area contributed by atoms with Crippen molar-refractivity contribution in [3.05, 3.63) is 59.2 Å². The fraction of sp³-hybridized carbons (Fsp3) is 0.318. The fourth-order valence-corrected chi connectivity index (χ4v) is 3.31. The van der Waals surface area contributed by atoms with Crippen molar-refractivity contribution in [3.63, 3.8) is 0 Å². The Hall–Kier alpha value is -2.94. The van der Waals surface area contributed by atoms with Gasteiger partial charge in [0.25, 0.3) is 0 Å². The Morgan fingerprint density at radius 3 is 2.61 bits per heavy atom. The topological polar surface area (TPSA) is 81.1 Å². The first-order valence-electron chi connectivity index (χ1n) is 9.89. The molecule has 2 heterocycles. The summed E-state index contributed by atoms with van der Waals surface area (Å²) >= 11 is 3.49. The Morgan fingerprint density at radius 1 is 1.19 bits per heavy atom. The third-order valence-electron chi connectivity index (χ3n) is 4.17. The lowest BCUT2D eigenvalue weighted by Gasteiger charge is -2.19. The van der Waals surface area contributed by atoms with E-state index < -0.39 is 17.5 Å². The predicted molar refractivity (Wildman–Crippen MR) is 122 cm³/mol. The molecule has 1 amide bonds. The number of ether oxygens (including phenoxy) is 1. The van der Waals surface area contributed by atoms with Crippen LogP contribution in [-0.4, -0.2) is 39.5 Å². The van der Waals surface area contributed by atoms with Crippen LogP contribution in [0.4, 0.5) is 14.9 Å². The number of rotatable bonds is 7. The molecule has 0 saturated carbocycles. The van der Waals surface area contributed by atoms with Crippen molar-refractivity contribution >= 4 is 27.7 Å². The standard InChI is InChI=1S/C22H25BrFN5O2/c1-22(2,3)31-21(30)27-10-4-9-26-16-5-6-19(18(24)13-16)29-14-17(23)20(28-29)15-7-11-25-12-8-15/h5-8,11-14,26H,4,9-10H2,1-3H3,(H,27,30). The second-order valence-electron chi connectivity index (χ2n) is 7.88. The third kappa shape index (κ3) is 6.52. The first-order valence-corrected chi connectivity index (χ1v) is 10.7. The minimum atomic E-state index is -0.523. The number of amides is 1. The van der Waals surface area contributed by atoms with Gasteiger partial charge in [0.05, 0.1) is 4.47 Å².